The predicted octanol–water partition coefficient (Wildman–Crippen LogP) is -1.75. The molecule has 3 saturated heterocycles. The van der Waals surface area contributed by atoms with E-state index >= 15 is 0 Å². The first-order valence-corrected chi connectivity index (χ1v) is 7.42. The molecule has 5 atom stereocenters. The molecule has 0 aromatic rings. The number of ether oxygens (including phenoxy) is 5. The van der Waals surface area contributed by atoms with Gasteiger partial charge in [-0.25, -0.2) is 0 Å². The van der Waals surface area contributed by atoms with Crippen molar-refractivity contribution < 1.29 is 38.4 Å². The highest BCUT2D eigenvalue weighted by Crippen LogP contribution is 2.44. The molecule has 3 heterocycles. The molecule has 0 unspecified atom stereocenters. The standard InChI is InChI=1S/C14H21NO8/c1-13(2)20-7-8(21-13)10-12(23-14(3,4)22-10)19-9(7)11(18)15-5-6(16)17/h7-10,12H,5H2,1-4H3,(H,15,18)(H,16,17)/p-1/t7-,8+,9+,10+,12-/m0/s1. The molecule has 0 aromatic carbocycles. The van der Waals surface area contributed by atoms with Gasteiger partial charge < -0.3 is 38.9 Å². The highest BCUT2D eigenvalue weighted by atomic mass is 16.9. The Labute approximate surface area is 133 Å². The van der Waals surface area contributed by atoms with Crippen LogP contribution >= 0.6 is 0 Å². The van der Waals surface area contributed by atoms with E-state index in [-0.39, 0.29) is 0 Å². The van der Waals surface area contributed by atoms with E-state index in [4.69, 9.17) is 23.7 Å². The zero-order chi connectivity index (χ0) is 17.0. The van der Waals surface area contributed by atoms with Crippen molar-refractivity contribution in [2.24, 2.45) is 0 Å². The zero-order valence-electron chi connectivity index (χ0n) is 13.4. The molecule has 3 aliphatic rings. The third kappa shape index (κ3) is 3.20. The molecule has 9 nitrogen and oxygen atoms in total. The molecule has 9 heteroatoms. The Morgan fingerprint density at radius 2 is 1.52 bits per heavy atom. The van der Waals surface area contributed by atoms with Crippen LogP contribution in [-0.2, 0) is 33.3 Å². The topological polar surface area (TPSA) is 115 Å². The minimum absolute atomic E-state index is 0.540. The second kappa shape index (κ2) is 5.38. The fraction of sp³-hybridized carbons (Fsp3) is 0.857. The molecule has 0 spiro atoms. The van der Waals surface area contributed by atoms with E-state index in [1.807, 2.05) is 0 Å². The highest BCUT2D eigenvalue weighted by molar-refractivity contribution is 5.84. The monoisotopic (exact) mass is 330 g/mol. The van der Waals surface area contributed by atoms with Crippen LogP contribution in [0.5, 0.6) is 0 Å². The van der Waals surface area contributed by atoms with Gasteiger partial charge in [0.1, 0.15) is 18.3 Å². The number of carboxylic acids is 1. The van der Waals surface area contributed by atoms with Crippen LogP contribution in [0, 0.1) is 0 Å². The van der Waals surface area contributed by atoms with E-state index in [1.165, 1.54) is 0 Å². The Bertz CT molecular complexity index is 519. The lowest BCUT2D eigenvalue weighted by Gasteiger charge is -2.36. The van der Waals surface area contributed by atoms with Crippen LogP contribution in [0.15, 0.2) is 0 Å². The minimum Gasteiger partial charge on any atom is -0.548 e. The van der Waals surface area contributed by atoms with Crippen LogP contribution < -0.4 is 10.4 Å². The Kier molecular flexibility index (Phi) is 3.88. The first-order chi connectivity index (χ1) is 10.6. The highest BCUT2D eigenvalue weighted by Gasteiger charge is 2.62. The van der Waals surface area contributed by atoms with Gasteiger partial charge in [-0.2, -0.15) is 0 Å². The Morgan fingerprint density at radius 1 is 0.957 bits per heavy atom. The van der Waals surface area contributed by atoms with Crippen molar-refractivity contribution >= 4 is 11.9 Å². The lowest BCUT2D eigenvalue weighted by Crippen LogP contribution is -2.60. The first-order valence-electron chi connectivity index (χ1n) is 7.42. The first kappa shape index (κ1) is 16.6. The second-order valence-corrected chi connectivity index (χ2v) is 6.68. The molecule has 3 fully saturated rings. The second-order valence-electron chi connectivity index (χ2n) is 6.68. The average Bonchev–Trinajstić information content (AvgIpc) is 2.89. The summed E-state index contributed by atoms with van der Waals surface area (Å²) in [5, 5.41) is 12.8. The van der Waals surface area contributed by atoms with Gasteiger partial charge in [-0.15, -0.1) is 0 Å². The smallest absolute Gasteiger partial charge is 0.252 e. The molecular formula is C14H20NO8-. The molecule has 0 aliphatic carbocycles. The number of hydrogen-bond donors (Lipinski definition) is 1. The molecule has 1 N–H and O–H groups in total. The summed E-state index contributed by atoms with van der Waals surface area (Å²) >= 11 is 0. The molecule has 0 aromatic heterocycles. The van der Waals surface area contributed by atoms with E-state index < -0.39 is 60.7 Å². The van der Waals surface area contributed by atoms with Crippen LogP contribution in [0.4, 0.5) is 0 Å². The van der Waals surface area contributed by atoms with Gasteiger partial charge in [-0.05, 0) is 27.7 Å². The van der Waals surface area contributed by atoms with Crippen molar-refractivity contribution in [2.75, 3.05) is 6.54 Å². The Morgan fingerprint density at radius 3 is 2.17 bits per heavy atom. The number of carbonyl (C=O) groups excluding carboxylic acids is 2. The van der Waals surface area contributed by atoms with Crippen LogP contribution in [0.25, 0.3) is 0 Å². The summed E-state index contributed by atoms with van der Waals surface area (Å²) in [7, 11) is 0. The summed E-state index contributed by atoms with van der Waals surface area (Å²) in [5.74, 6) is -3.82. The molecule has 0 radical (unpaired) electrons. The summed E-state index contributed by atoms with van der Waals surface area (Å²) in [6.45, 7) is 6.29. The van der Waals surface area contributed by atoms with Crippen LogP contribution in [0.3, 0.4) is 0 Å². The maximum absolute atomic E-state index is 12.2. The third-order valence-electron chi connectivity index (χ3n) is 3.82. The Hall–Kier alpha value is -1.26. The van der Waals surface area contributed by atoms with E-state index in [0.717, 1.165) is 0 Å². The van der Waals surface area contributed by atoms with Crippen molar-refractivity contribution in [3.05, 3.63) is 0 Å². The molecule has 23 heavy (non-hydrogen) atoms. The SMILES string of the molecule is CC1(C)O[C@@H]2O[C@@H](C(=O)NCC(=O)[O-])[C@H]3OC(C)(C)O[C@H]3[C@H]2O1. The maximum atomic E-state index is 12.2. The number of carbonyl (C=O) groups is 2. The molecule has 0 saturated carbocycles. The quantitative estimate of drug-likeness (QED) is 0.648. The van der Waals surface area contributed by atoms with E-state index in [1.54, 1.807) is 27.7 Å². The number of rotatable bonds is 3. The third-order valence-corrected chi connectivity index (χ3v) is 3.82. The fourth-order valence-electron chi connectivity index (χ4n) is 3.08. The number of aliphatic carboxylic acids is 1. The van der Waals surface area contributed by atoms with Gasteiger partial charge in [0.05, 0.1) is 12.5 Å². The van der Waals surface area contributed by atoms with Gasteiger partial charge in [-0.3, -0.25) is 4.79 Å². The molecule has 1 amide bonds. The van der Waals surface area contributed by atoms with Gasteiger partial charge in [0.15, 0.2) is 24.0 Å². The molecule has 3 aliphatic heterocycles. The summed E-state index contributed by atoms with van der Waals surface area (Å²) in [5.41, 5.74) is 0. The van der Waals surface area contributed by atoms with Crippen molar-refractivity contribution in [1.29, 1.82) is 0 Å². The number of nitrogens with one attached hydrogen (secondary N) is 1. The van der Waals surface area contributed by atoms with Crippen molar-refractivity contribution in [3.63, 3.8) is 0 Å². The van der Waals surface area contributed by atoms with Crippen LogP contribution in [0.2, 0.25) is 0 Å². The van der Waals surface area contributed by atoms with Crippen molar-refractivity contribution in [3.8, 4) is 0 Å². The average molecular weight is 330 g/mol. The van der Waals surface area contributed by atoms with Gasteiger partial charge in [0.2, 0.25) is 0 Å². The summed E-state index contributed by atoms with van der Waals surface area (Å²) < 4.78 is 28.7. The summed E-state index contributed by atoms with van der Waals surface area (Å²) in [6.07, 6.45) is -3.71. The van der Waals surface area contributed by atoms with Gasteiger partial charge >= 0.3 is 0 Å². The number of fused-ring (bicyclic) bond motifs is 3. The minimum atomic E-state index is -1.39. The van der Waals surface area contributed by atoms with Crippen molar-refractivity contribution in [1.82, 2.24) is 5.32 Å². The molecule has 3 rings (SSSR count). The normalized spacial score (nSPS) is 40.3. The van der Waals surface area contributed by atoms with Crippen LogP contribution in [0.1, 0.15) is 27.7 Å². The summed E-state index contributed by atoms with van der Waals surface area (Å²) in [4.78, 5) is 22.8. The van der Waals surface area contributed by atoms with Gasteiger partial charge in [0, 0.05) is 0 Å². The van der Waals surface area contributed by atoms with Crippen molar-refractivity contribution in [2.45, 2.75) is 70.0 Å². The molecule has 130 valence electrons. The van der Waals surface area contributed by atoms with Gasteiger partial charge in [0.25, 0.3) is 5.91 Å². The lowest BCUT2D eigenvalue weighted by atomic mass is 9.98. The van der Waals surface area contributed by atoms with Crippen LogP contribution in [-0.4, -0.2) is 60.7 Å². The molecular weight excluding hydrogens is 310 g/mol. The number of hydrogen-bond acceptors (Lipinski definition) is 8. The zero-order valence-corrected chi connectivity index (χ0v) is 13.4. The largest absolute Gasteiger partial charge is 0.548 e. The van der Waals surface area contributed by atoms with E-state index in [0.29, 0.717) is 0 Å². The fourth-order valence-corrected chi connectivity index (χ4v) is 3.08. The van der Waals surface area contributed by atoms with E-state index in [9.17, 15) is 14.7 Å². The molecule has 0 bridgehead atoms. The summed E-state index contributed by atoms with van der Waals surface area (Å²) in [6, 6.07) is 0. The predicted molar refractivity (Wildman–Crippen MR) is 70.5 cm³/mol. The maximum Gasteiger partial charge on any atom is 0.252 e. The lowest BCUT2D eigenvalue weighted by molar-refractivity contribution is -0.304. The number of carboxylic acid groups (broad SMARTS) is 1. The Balaban J connectivity index is 1.81. The number of amides is 1. The van der Waals surface area contributed by atoms with Gasteiger partial charge in [-0.1, -0.05) is 0 Å². The van der Waals surface area contributed by atoms with E-state index in [2.05, 4.69) is 5.32 Å².